The van der Waals surface area contributed by atoms with Gasteiger partial charge in [-0.2, -0.15) is 0 Å². The van der Waals surface area contributed by atoms with E-state index in [1.807, 2.05) is 0 Å². The zero-order chi connectivity index (χ0) is 10.0. The quantitative estimate of drug-likeness (QED) is 0.574. The van der Waals surface area contributed by atoms with Gasteiger partial charge in [-0.25, -0.2) is 9.95 Å². The summed E-state index contributed by atoms with van der Waals surface area (Å²) in [6.07, 6.45) is -0.0208. The lowest BCUT2D eigenvalue weighted by atomic mass is 10.1. The number of aromatic amines is 1. The number of aromatic nitrogens is 1. The predicted molar refractivity (Wildman–Crippen MR) is 43.4 cm³/mol. The molecule has 0 radical (unpaired) electrons. The summed E-state index contributed by atoms with van der Waals surface area (Å²) in [4.78, 5) is 21.3. The Morgan fingerprint density at radius 3 is 2.77 bits per heavy atom. The molecule has 0 aliphatic heterocycles. The van der Waals surface area contributed by atoms with Crippen LogP contribution in [0.2, 0.25) is 0 Å². The van der Waals surface area contributed by atoms with Crippen LogP contribution in [0.4, 0.5) is 0 Å². The van der Waals surface area contributed by atoms with Crippen molar-refractivity contribution in [2.75, 3.05) is 0 Å². The molecule has 6 nitrogen and oxygen atoms in total. The van der Waals surface area contributed by atoms with Crippen molar-refractivity contribution >= 4 is 5.97 Å². The van der Waals surface area contributed by atoms with Crippen LogP contribution in [-0.4, -0.2) is 22.3 Å². The summed E-state index contributed by atoms with van der Waals surface area (Å²) in [5, 5.41) is 10.8. The maximum Gasteiger partial charge on any atom is 0.360 e. The lowest BCUT2D eigenvalue weighted by Gasteiger charge is -2.02. The summed E-state index contributed by atoms with van der Waals surface area (Å²) in [6, 6.07) is -1.07. The van der Waals surface area contributed by atoms with Crippen LogP contribution < -0.4 is 11.4 Å². The molecule has 1 unspecified atom stereocenters. The molecule has 0 fully saturated rings. The van der Waals surface area contributed by atoms with Crippen LogP contribution in [0.25, 0.3) is 0 Å². The number of aryl methyl sites for hydroxylation is 1. The minimum Gasteiger partial charge on any atom is -0.480 e. The van der Waals surface area contributed by atoms with Gasteiger partial charge in [-0.1, -0.05) is 0 Å². The number of carbonyl (C=O) groups is 1. The van der Waals surface area contributed by atoms with Crippen molar-refractivity contribution in [2.45, 2.75) is 19.4 Å². The maximum atomic E-state index is 11.0. The average molecular weight is 186 g/mol. The van der Waals surface area contributed by atoms with Crippen LogP contribution in [0.5, 0.6) is 0 Å². The molecule has 0 amide bonds. The molecule has 72 valence electrons. The van der Waals surface area contributed by atoms with Crippen molar-refractivity contribution in [3.8, 4) is 0 Å². The fraction of sp³-hybridized carbons (Fsp3) is 0.429. The van der Waals surface area contributed by atoms with Crippen LogP contribution >= 0.6 is 0 Å². The maximum absolute atomic E-state index is 11.0. The van der Waals surface area contributed by atoms with Crippen LogP contribution in [0, 0.1) is 6.92 Å². The van der Waals surface area contributed by atoms with Gasteiger partial charge in [-0.05, 0) is 6.92 Å². The first-order valence-corrected chi connectivity index (χ1v) is 3.67. The molecule has 1 atom stereocenters. The Labute approximate surface area is 73.3 Å². The number of carboxylic acid groups (broad SMARTS) is 1. The molecule has 0 saturated heterocycles. The molecule has 0 saturated carbocycles. The normalized spacial score (nSPS) is 12.8. The van der Waals surface area contributed by atoms with E-state index >= 15 is 0 Å². The molecule has 1 heterocycles. The molecule has 0 bridgehead atoms. The van der Waals surface area contributed by atoms with Gasteiger partial charge in [0.25, 0.3) is 0 Å². The van der Waals surface area contributed by atoms with Gasteiger partial charge >= 0.3 is 11.6 Å². The highest BCUT2D eigenvalue weighted by atomic mass is 16.5. The zero-order valence-electron chi connectivity index (χ0n) is 7.03. The molecule has 1 rings (SSSR count). The summed E-state index contributed by atoms with van der Waals surface area (Å²) < 4.78 is 4.45. The highest BCUT2D eigenvalue weighted by Crippen LogP contribution is 2.01. The Bertz CT molecular complexity index is 365. The van der Waals surface area contributed by atoms with Gasteiger partial charge in [0.1, 0.15) is 6.04 Å². The van der Waals surface area contributed by atoms with Crippen LogP contribution in [0.1, 0.15) is 11.3 Å². The zero-order valence-corrected chi connectivity index (χ0v) is 7.03. The van der Waals surface area contributed by atoms with Crippen LogP contribution in [0.3, 0.4) is 0 Å². The lowest BCUT2D eigenvalue weighted by molar-refractivity contribution is -0.138. The third kappa shape index (κ3) is 1.97. The van der Waals surface area contributed by atoms with Gasteiger partial charge in [0.2, 0.25) is 0 Å². The summed E-state index contributed by atoms with van der Waals surface area (Å²) in [6.45, 7) is 1.62. The van der Waals surface area contributed by atoms with Gasteiger partial charge < -0.3 is 15.4 Å². The first-order valence-electron chi connectivity index (χ1n) is 3.67. The fourth-order valence-corrected chi connectivity index (χ4v) is 0.943. The highest BCUT2D eigenvalue weighted by Gasteiger charge is 2.17. The molecule has 1 aromatic heterocycles. The Balaban J connectivity index is 2.85. The number of H-pyrrole nitrogens is 1. The predicted octanol–water partition coefficient (Wildman–Crippen LogP) is -0.769. The number of rotatable bonds is 3. The molecule has 0 aliphatic rings. The SMILES string of the molecule is Cc1[nH]oc(=O)c1CC(N)C(=O)O. The number of carboxylic acids is 1. The first-order chi connectivity index (χ1) is 6.02. The number of hydrogen-bond donors (Lipinski definition) is 3. The molecule has 0 aliphatic carbocycles. The minimum atomic E-state index is -1.14. The largest absolute Gasteiger partial charge is 0.480 e. The topological polar surface area (TPSA) is 109 Å². The Kier molecular flexibility index (Phi) is 2.52. The highest BCUT2D eigenvalue weighted by molar-refractivity contribution is 5.73. The second-order valence-corrected chi connectivity index (χ2v) is 2.74. The van der Waals surface area contributed by atoms with Crippen molar-refractivity contribution in [3.05, 3.63) is 21.7 Å². The number of aliphatic carboxylic acids is 1. The van der Waals surface area contributed by atoms with E-state index in [4.69, 9.17) is 10.8 Å². The molecule has 13 heavy (non-hydrogen) atoms. The Hall–Kier alpha value is -1.56. The van der Waals surface area contributed by atoms with E-state index in [2.05, 4.69) is 9.68 Å². The van der Waals surface area contributed by atoms with E-state index in [9.17, 15) is 9.59 Å². The van der Waals surface area contributed by atoms with Crippen molar-refractivity contribution in [2.24, 2.45) is 5.73 Å². The lowest BCUT2D eigenvalue weighted by Crippen LogP contribution is -2.33. The molecular formula is C7H10N2O4. The van der Waals surface area contributed by atoms with Gasteiger partial charge in [-0.15, -0.1) is 0 Å². The average Bonchev–Trinajstić information content (AvgIpc) is 2.35. The van der Waals surface area contributed by atoms with Crippen molar-refractivity contribution in [1.82, 2.24) is 5.16 Å². The van der Waals surface area contributed by atoms with Crippen molar-refractivity contribution in [3.63, 3.8) is 0 Å². The summed E-state index contributed by atoms with van der Waals surface area (Å²) in [7, 11) is 0. The molecular weight excluding hydrogens is 176 g/mol. The third-order valence-electron chi connectivity index (χ3n) is 1.74. The number of nitrogens with two attached hydrogens (primary N) is 1. The van der Waals surface area contributed by atoms with Crippen molar-refractivity contribution in [1.29, 1.82) is 0 Å². The Morgan fingerprint density at radius 1 is 1.77 bits per heavy atom. The monoisotopic (exact) mass is 186 g/mol. The smallest absolute Gasteiger partial charge is 0.360 e. The van der Waals surface area contributed by atoms with Crippen LogP contribution in [-0.2, 0) is 11.2 Å². The molecule has 0 spiro atoms. The van der Waals surface area contributed by atoms with E-state index in [0.29, 0.717) is 5.69 Å². The van der Waals surface area contributed by atoms with E-state index in [0.717, 1.165) is 0 Å². The first kappa shape index (κ1) is 9.53. The van der Waals surface area contributed by atoms with Crippen LogP contribution in [0.15, 0.2) is 9.32 Å². The van der Waals surface area contributed by atoms with E-state index in [1.165, 1.54) is 0 Å². The summed E-state index contributed by atoms with van der Waals surface area (Å²) in [5.74, 6) is -1.14. The second-order valence-electron chi connectivity index (χ2n) is 2.74. The van der Waals surface area contributed by atoms with E-state index in [1.54, 1.807) is 6.92 Å². The molecule has 6 heteroatoms. The second kappa shape index (κ2) is 3.44. The van der Waals surface area contributed by atoms with Gasteiger partial charge in [0.15, 0.2) is 0 Å². The van der Waals surface area contributed by atoms with Crippen molar-refractivity contribution < 1.29 is 14.4 Å². The summed E-state index contributed by atoms with van der Waals surface area (Å²) >= 11 is 0. The fourth-order valence-electron chi connectivity index (χ4n) is 0.943. The molecule has 4 N–H and O–H groups in total. The number of hydrogen-bond acceptors (Lipinski definition) is 4. The third-order valence-corrected chi connectivity index (χ3v) is 1.74. The minimum absolute atomic E-state index is 0.0208. The van der Waals surface area contributed by atoms with E-state index in [-0.39, 0.29) is 12.0 Å². The standard InChI is InChI=1S/C7H10N2O4/c1-3-4(7(12)13-9-3)2-5(8)6(10)11/h5,9H,2,8H2,1H3,(H,10,11). The van der Waals surface area contributed by atoms with E-state index < -0.39 is 17.6 Å². The molecule has 1 aromatic rings. The summed E-state index contributed by atoms with van der Waals surface area (Å²) in [5.41, 5.74) is 5.49. The van der Waals surface area contributed by atoms with Gasteiger partial charge in [-0.3, -0.25) is 4.79 Å². The number of nitrogens with one attached hydrogen (secondary N) is 1. The Morgan fingerprint density at radius 2 is 2.38 bits per heavy atom. The van der Waals surface area contributed by atoms with Gasteiger partial charge in [0, 0.05) is 6.42 Å². The molecule has 0 aromatic carbocycles. The van der Waals surface area contributed by atoms with Gasteiger partial charge in [0.05, 0.1) is 11.3 Å².